The highest BCUT2D eigenvalue weighted by Crippen LogP contribution is 2.46. The van der Waals surface area contributed by atoms with Crippen molar-refractivity contribution in [2.75, 3.05) is 34.4 Å². The largest absolute Gasteiger partial charge is 0.497 e. The molecule has 3 fully saturated rings. The Kier molecular flexibility index (Phi) is 9.29. The number of ether oxygens (including phenoxy) is 3. The number of nitrogens with one attached hydrogen (secondary N) is 2. The van der Waals surface area contributed by atoms with Gasteiger partial charge < -0.3 is 29.3 Å². The van der Waals surface area contributed by atoms with E-state index in [0.29, 0.717) is 31.0 Å². The van der Waals surface area contributed by atoms with Gasteiger partial charge in [0.15, 0.2) is 0 Å². The molecule has 4 unspecified atom stereocenters. The zero-order valence-corrected chi connectivity index (χ0v) is 29.8. The molecule has 14 heteroatoms. The van der Waals surface area contributed by atoms with Crippen molar-refractivity contribution < 1.29 is 37.0 Å². The second kappa shape index (κ2) is 13.7. The molecule has 4 aliphatic rings. The molecule has 3 aromatic rings. The van der Waals surface area contributed by atoms with Gasteiger partial charge in [-0.15, -0.1) is 0 Å². The number of carbonyl (C=O) groups is 3. The summed E-state index contributed by atoms with van der Waals surface area (Å²) in [5.41, 5.74) is 0.338. The van der Waals surface area contributed by atoms with Gasteiger partial charge in [0.1, 0.15) is 29.2 Å². The van der Waals surface area contributed by atoms with E-state index in [9.17, 15) is 22.8 Å². The maximum atomic E-state index is 14.1. The number of amides is 4. The Balaban J connectivity index is 1.18. The van der Waals surface area contributed by atoms with Crippen LogP contribution in [0.5, 0.6) is 17.4 Å². The summed E-state index contributed by atoms with van der Waals surface area (Å²) in [5, 5.41) is 3.88. The summed E-state index contributed by atoms with van der Waals surface area (Å²) in [7, 11) is 1.10. The van der Waals surface area contributed by atoms with Crippen molar-refractivity contribution in [3.8, 4) is 28.5 Å². The Hall–Kier alpha value is -4.85. The second-order valence-corrected chi connectivity index (χ2v) is 15.8. The van der Waals surface area contributed by atoms with Crippen LogP contribution in [0.2, 0.25) is 0 Å². The number of hydrogen-bond donors (Lipinski definition) is 2. The Bertz CT molecular complexity index is 1980. The SMILES string of the molecule is COc1ccc(-c2c(OC)ccc3c(OC4CC5C(=O)NC6(C(=O)NS(=O)(=O)C7CC7)CC6/C=C\CCCCN(C)C(=O)N5C4)nccc23)cc1. The fourth-order valence-electron chi connectivity index (χ4n) is 7.18. The Morgan fingerprint density at radius 3 is 2.53 bits per heavy atom. The van der Waals surface area contributed by atoms with E-state index in [-0.39, 0.29) is 31.3 Å². The van der Waals surface area contributed by atoms with Gasteiger partial charge in [-0.3, -0.25) is 14.3 Å². The standard InChI is InChI=1S/C37H43N5O8S/c1-41-19-7-5-4-6-8-24-21-37(24,35(44)40-51(46,47)27-13-14-27)39-33(43)30-20-26(22-42(30)36(41)45)50-34-29-15-16-31(49-3)32(28(29)17-18-38-34)23-9-11-25(48-2)12-10-23/h6,8-12,15-18,24,26-27,30H,4-5,7,13-14,19-22H2,1-3H3,(H,39,43)(H,40,44)/b8-6-. The predicted octanol–water partition coefficient (Wildman–Crippen LogP) is 4.02. The molecule has 13 nitrogen and oxygen atoms in total. The molecule has 2 aromatic carbocycles. The van der Waals surface area contributed by atoms with E-state index in [1.54, 1.807) is 32.4 Å². The lowest BCUT2D eigenvalue weighted by Crippen LogP contribution is -2.57. The third-order valence-corrected chi connectivity index (χ3v) is 12.2. The van der Waals surface area contributed by atoms with Gasteiger partial charge in [0.2, 0.25) is 21.8 Å². The van der Waals surface area contributed by atoms with E-state index in [4.69, 9.17) is 14.2 Å². The van der Waals surface area contributed by atoms with Gasteiger partial charge in [0.05, 0.1) is 26.0 Å². The summed E-state index contributed by atoms with van der Waals surface area (Å²) < 4.78 is 45.3. The van der Waals surface area contributed by atoms with Crippen molar-refractivity contribution in [3.63, 3.8) is 0 Å². The highest BCUT2D eigenvalue weighted by Gasteiger charge is 2.62. The summed E-state index contributed by atoms with van der Waals surface area (Å²) in [6.45, 7) is 0.623. The van der Waals surface area contributed by atoms with Crippen molar-refractivity contribution in [3.05, 3.63) is 60.8 Å². The van der Waals surface area contributed by atoms with Gasteiger partial charge in [0, 0.05) is 48.5 Å². The van der Waals surface area contributed by atoms with Crippen LogP contribution in [0.15, 0.2) is 60.8 Å². The molecule has 2 aliphatic carbocycles. The number of pyridine rings is 1. The molecule has 4 atom stereocenters. The summed E-state index contributed by atoms with van der Waals surface area (Å²) in [5.74, 6) is 0.0965. The molecular formula is C37H43N5O8S. The zero-order valence-electron chi connectivity index (χ0n) is 29.0. The number of nitrogens with zero attached hydrogens (tertiary/aromatic N) is 3. The van der Waals surface area contributed by atoms with Crippen LogP contribution < -0.4 is 24.2 Å². The number of allylic oxidation sites excluding steroid dienone is 1. The molecule has 3 heterocycles. The first-order valence-electron chi connectivity index (χ1n) is 17.4. The van der Waals surface area contributed by atoms with E-state index in [1.807, 2.05) is 54.6 Å². The minimum absolute atomic E-state index is 0.111. The number of carbonyl (C=O) groups excluding carboxylic acids is 3. The fraction of sp³-hybridized carbons (Fsp3) is 0.459. The van der Waals surface area contributed by atoms with Crippen LogP contribution in [-0.4, -0.2) is 98.3 Å². The first-order valence-corrected chi connectivity index (χ1v) is 18.9. The number of urea groups is 1. The Morgan fingerprint density at radius 2 is 1.80 bits per heavy atom. The lowest BCUT2D eigenvalue weighted by molar-refractivity contribution is -0.131. The second-order valence-electron chi connectivity index (χ2n) is 13.8. The quantitative estimate of drug-likeness (QED) is 0.329. The van der Waals surface area contributed by atoms with Gasteiger partial charge in [-0.1, -0.05) is 24.3 Å². The summed E-state index contributed by atoms with van der Waals surface area (Å²) in [6, 6.07) is 12.0. The lowest BCUT2D eigenvalue weighted by atomic mass is 9.98. The number of rotatable bonds is 8. The molecule has 0 bridgehead atoms. The predicted molar refractivity (Wildman–Crippen MR) is 190 cm³/mol. The molecule has 7 rings (SSSR count). The van der Waals surface area contributed by atoms with Crippen molar-refractivity contribution in [1.29, 1.82) is 0 Å². The monoisotopic (exact) mass is 717 g/mol. The van der Waals surface area contributed by atoms with Crippen molar-refractivity contribution >= 4 is 38.6 Å². The van der Waals surface area contributed by atoms with Crippen LogP contribution in [-0.2, 0) is 19.6 Å². The Labute approximate surface area is 297 Å². The number of methoxy groups -OCH3 is 2. The van der Waals surface area contributed by atoms with Gasteiger partial charge in [-0.2, -0.15) is 0 Å². The minimum atomic E-state index is -3.84. The molecule has 2 N–H and O–H groups in total. The third-order valence-electron chi connectivity index (χ3n) is 10.3. The molecule has 1 aromatic heterocycles. The molecular weight excluding hydrogens is 675 g/mol. The fourth-order valence-corrected chi connectivity index (χ4v) is 8.55. The van der Waals surface area contributed by atoms with E-state index in [2.05, 4.69) is 15.0 Å². The van der Waals surface area contributed by atoms with Crippen molar-refractivity contribution in [2.45, 2.75) is 67.9 Å². The molecule has 2 aliphatic heterocycles. The van der Waals surface area contributed by atoms with E-state index in [1.165, 1.54) is 4.90 Å². The molecule has 4 amide bonds. The number of hydrogen-bond acceptors (Lipinski definition) is 9. The number of aromatic nitrogens is 1. The van der Waals surface area contributed by atoms with Crippen LogP contribution in [0.3, 0.4) is 0 Å². The van der Waals surface area contributed by atoms with Crippen LogP contribution in [0.4, 0.5) is 4.79 Å². The van der Waals surface area contributed by atoms with Crippen LogP contribution in [0.25, 0.3) is 21.9 Å². The highest BCUT2D eigenvalue weighted by molar-refractivity contribution is 7.91. The van der Waals surface area contributed by atoms with E-state index >= 15 is 0 Å². The normalized spacial score (nSPS) is 26.0. The average Bonchev–Trinajstić information content (AvgIpc) is 4.06. The summed E-state index contributed by atoms with van der Waals surface area (Å²) in [4.78, 5) is 49.2. The molecule has 0 radical (unpaired) electrons. The Morgan fingerprint density at radius 1 is 1.02 bits per heavy atom. The van der Waals surface area contributed by atoms with Gasteiger partial charge in [-0.25, -0.2) is 18.2 Å². The highest BCUT2D eigenvalue weighted by atomic mass is 32.2. The van der Waals surface area contributed by atoms with Crippen LogP contribution in [0, 0.1) is 5.92 Å². The smallest absolute Gasteiger partial charge is 0.320 e. The molecule has 51 heavy (non-hydrogen) atoms. The van der Waals surface area contributed by atoms with Crippen molar-refractivity contribution in [1.82, 2.24) is 24.8 Å². The maximum Gasteiger partial charge on any atom is 0.320 e. The average molecular weight is 718 g/mol. The molecule has 1 saturated heterocycles. The topological polar surface area (TPSA) is 156 Å². The molecule has 2 saturated carbocycles. The summed E-state index contributed by atoms with van der Waals surface area (Å²) >= 11 is 0. The van der Waals surface area contributed by atoms with Crippen LogP contribution in [0.1, 0.15) is 44.9 Å². The van der Waals surface area contributed by atoms with Gasteiger partial charge >= 0.3 is 6.03 Å². The zero-order chi connectivity index (χ0) is 35.9. The van der Waals surface area contributed by atoms with E-state index < -0.39 is 44.8 Å². The molecule has 270 valence electrons. The van der Waals surface area contributed by atoms with Crippen molar-refractivity contribution in [2.24, 2.45) is 5.92 Å². The lowest BCUT2D eigenvalue weighted by Gasteiger charge is -2.30. The number of fused-ring (bicyclic) bond motifs is 3. The molecule has 0 spiro atoms. The number of sulfonamides is 1. The maximum absolute atomic E-state index is 14.1. The van der Waals surface area contributed by atoms with E-state index in [0.717, 1.165) is 46.9 Å². The third kappa shape index (κ3) is 6.80. The summed E-state index contributed by atoms with van der Waals surface area (Å²) in [6.07, 6.45) is 8.64. The minimum Gasteiger partial charge on any atom is -0.497 e. The van der Waals surface area contributed by atoms with Gasteiger partial charge in [0.25, 0.3) is 5.91 Å². The first-order chi connectivity index (χ1) is 24.5. The number of benzene rings is 2. The van der Waals surface area contributed by atoms with Crippen LogP contribution >= 0.6 is 0 Å². The van der Waals surface area contributed by atoms with Gasteiger partial charge in [-0.05, 0) is 74.4 Å². The first kappa shape index (κ1) is 34.6.